The molecular weight excluding hydrogens is 471 g/mol. The van der Waals surface area contributed by atoms with Crippen LogP contribution in [0.5, 0.6) is 5.75 Å². The second kappa shape index (κ2) is 12.0. The van der Waals surface area contributed by atoms with Gasteiger partial charge in [0.25, 0.3) is 0 Å². The highest BCUT2D eigenvalue weighted by molar-refractivity contribution is 7.89. The van der Waals surface area contributed by atoms with Gasteiger partial charge in [0.15, 0.2) is 0 Å². The number of aliphatic hydroxyl groups is 1. The first-order valence-electron chi connectivity index (χ1n) is 11.5. The molecule has 0 unspecified atom stereocenters. The van der Waals surface area contributed by atoms with Gasteiger partial charge < -0.3 is 14.6 Å². The summed E-state index contributed by atoms with van der Waals surface area (Å²) < 4.78 is 53.9. The zero-order valence-electron chi connectivity index (χ0n) is 20.6. The summed E-state index contributed by atoms with van der Waals surface area (Å²) >= 11 is 0. The summed E-state index contributed by atoms with van der Waals surface area (Å²) in [6.07, 6.45) is -0.392. The first-order valence-corrected chi connectivity index (χ1v) is 12.9. The highest BCUT2D eigenvalue weighted by atomic mass is 32.2. The molecule has 1 aliphatic heterocycles. The van der Waals surface area contributed by atoms with E-state index in [1.807, 2.05) is 18.9 Å². The normalized spacial score (nSPS) is 20.7. The van der Waals surface area contributed by atoms with Crippen LogP contribution < -0.4 is 4.74 Å². The summed E-state index contributed by atoms with van der Waals surface area (Å²) in [7, 11) is -0.501. The Labute approximate surface area is 207 Å². The molecule has 0 aliphatic carbocycles. The van der Waals surface area contributed by atoms with E-state index < -0.39 is 22.2 Å². The van der Waals surface area contributed by atoms with Crippen molar-refractivity contribution in [3.8, 4) is 17.6 Å². The molecule has 1 aliphatic rings. The number of nitrogens with zero attached hydrogens (tertiary/aromatic N) is 2. The van der Waals surface area contributed by atoms with Gasteiger partial charge >= 0.3 is 0 Å². The maximum Gasteiger partial charge on any atom is 0.247 e. The van der Waals surface area contributed by atoms with Gasteiger partial charge in [-0.3, -0.25) is 4.90 Å². The number of halogens is 1. The highest BCUT2D eigenvalue weighted by Gasteiger charge is 2.38. The Hall–Kier alpha value is -2.48. The van der Waals surface area contributed by atoms with Crippen molar-refractivity contribution >= 4 is 10.0 Å². The molecule has 0 saturated carbocycles. The molecule has 2 aromatic carbocycles. The van der Waals surface area contributed by atoms with Crippen LogP contribution in [0.3, 0.4) is 0 Å². The van der Waals surface area contributed by atoms with E-state index in [1.54, 1.807) is 44.4 Å². The number of methoxy groups -OCH3 is 1. The smallest absolute Gasteiger partial charge is 0.247 e. The predicted octanol–water partition coefficient (Wildman–Crippen LogP) is 2.72. The van der Waals surface area contributed by atoms with E-state index in [2.05, 4.69) is 11.8 Å². The molecule has 2 aromatic rings. The van der Waals surface area contributed by atoms with Crippen molar-refractivity contribution in [2.24, 2.45) is 5.92 Å². The maximum atomic E-state index is 14.2. The molecule has 9 heteroatoms. The van der Waals surface area contributed by atoms with Crippen molar-refractivity contribution in [1.82, 2.24) is 9.21 Å². The van der Waals surface area contributed by atoms with Gasteiger partial charge in [0.05, 0.1) is 6.61 Å². The van der Waals surface area contributed by atoms with Crippen LogP contribution in [-0.2, 0) is 21.3 Å². The minimum Gasteiger partial charge on any atom is -0.487 e. The second-order valence-corrected chi connectivity index (χ2v) is 10.8. The van der Waals surface area contributed by atoms with Crippen LogP contribution in [-0.4, -0.2) is 75.3 Å². The summed E-state index contributed by atoms with van der Waals surface area (Å²) in [5.41, 5.74) is 1.17. The quantitative estimate of drug-likeness (QED) is 0.585. The van der Waals surface area contributed by atoms with E-state index in [1.165, 1.54) is 16.4 Å². The largest absolute Gasteiger partial charge is 0.487 e. The molecule has 1 heterocycles. The molecule has 3 rings (SSSR count). The number of fused-ring (bicyclic) bond motifs is 1. The van der Waals surface area contributed by atoms with Crippen molar-refractivity contribution in [1.29, 1.82) is 0 Å². The molecule has 0 aromatic heterocycles. The molecule has 35 heavy (non-hydrogen) atoms. The first-order chi connectivity index (χ1) is 16.7. The molecule has 0 radical (unpaired) electrons. The number of hydrogen-bond acceptors (Lipinski definition) is 6. The Kier molecular flexibility index (Phi) is 9.27. The number of aliphatic hydroxyl groups excluding tert-OH is 1. The Bertz CT molecular complexity index is 1180. The van der Waals surface area contributed by atoms with Crippen molar-refractivity contribution in [2.45, 2.75) is 37.4 Å². The first kappa shape index (κ1) is 27.1. The minimum absolute atomic E-state index is 0.0312. The van der Waals surface area contributed by atoms with Crippen molar-refractivity contribution in [2.75, 3.05) is 40.5 Å². The van der Waals surface area contributed by atoms with Gasteiger partial charge in [0.2, 0.25) is 10.0 Å². The van der Waals surface area contributed by atoms with Crippen LogP contribution in [0.25, 0.3) is 0 Å². The van der Waals surface area contributed by atoms with Crippen molar-refractivity contribution in [3.05, 3.63) is 59.4 Å². The number of ether oxygens (including phenoxy) is 2. The third-order valence-corrected chi connectivity index (χ3v) is 8.03. The van der Waals surface area contributed by atoms with Crippen molar-refractivity contribution in [3.63, 3.8) is 0 Å². The number of hydrogen-bond donors (Lipinski definition) is 1. The Morgan fingerprint density at radius 1 is 1.31 bits per heavy atom. The highest BCUT2D eigenvalue weighted by Crippen LogP contribution is 2.34. The summed E-state index contributed by atoms with van der Waals surface area (Å²) in [6, 6.07) is 10.8. The van der Waals surface area contributed by atoms with E-state index in [9.17, 15) is 17.9 Å². The van der Waals surface area contributed by atoms with Gasteiger partial charge in [0, 0.05) is 49.8 Å². The predicted molar refractivity (Wildman–Crippen MR) is 132 cm³/mol. The Morgan fingerprint density at radius 3 is 2.74 bits per heavy atom. The second-order valence-electron chi connectivity index (χ2n) is 8.92. The van der Waals surface area contributed by atoms with E-state index in [0.29, 0.717) is 24.2 Å². The third kappa shape index (κ3) is 6.60. The topological polar surface area (TPSA) is 79.3 Å². The fraction of sp³-hybridized carbons (Fsp3) is 0.462. The zero-order valence-corrected chi connectivity index (χ0v) is 21.4. The minimum atomic E-state index is -3.92. The summed E-state index contributed by atoms with van der Waals surface area (Å²) in [6.45, 7) is 4.54. The Balaban J connectivity index is 1.97. The van der Waals surface area contributed by atoms with Gasteiger partial charge in [-0.05, 0) is 38.2 Å². The van der Waals surface area contributed by atoms with Crippen LogP contribution in [0.1, 0.15) is 25.0 Å². The lowest BCUT2D eigenvalue weighted by molar-refractivity contribution is 0.0731. The average Bonchev–Trinajstić information content (AvgIpc) is 2.82. The molecule has 190 valence electrons. The fourth-order valence-corrected chi connectivity index (χ4v) is 5.85. The van der Waals surface area contributed by atoms with Gasteiger partial charge in [-0.2, -0.15) is 4.31 Å². The van der Waals surface area contributed by atoms with Crippen LogP contribution in [0.2, 0.25) is 0 Å². The van der Waals surface area contributed by atoms with E-state index in [4.69, 9.17) is 9.47 Å². The molecule has 3 atom stereocenters. The SMILES string of the molecule is COCC#Cc1ccc2c(c1)O[C@H](CN(C)Cc1ccccc1F)[C@@H](C)CN([C@@H](C)CO)S2(=O)=O. The van der Waals surface area contributed by atoms with E-state index in [-0.39, 0.29) is 42.1 Å². The lowest BCUT2D eigenvalue weighted by Gasteiger charge is -2.37. The maximum absolute atomic E-state index is 14.2. The van der Waals surface area contributed by atoms with Crippen LogP contribution in [0, 0.1) is 23.6 Å². The van der Waals surface area contributed by atoms with Gasteiger partial charge in [0.1, 0.15) is 29.2 Å². The number of benzene rings is 2. The molecule has 0 amide bonds. The molecular formula is C26H33FN2O5S. The van der Waals surface area contributed by atoms with E-state index >= 15 is 0 Å². The van der Waals surface area contributed by atoms with Gasteiger partial charge in [-0.25, -0.2) is 12.8 Å². The van der Waals surface area contributed by atoms with Gasteiger partial charge in [-0.15, -0.1) is 0 Å². The summed E-state index contributed by atoms with van der Waals surface area (Å²) in [5.74, 6) is 5.54. The molecule has 0 saturated heterocycles. The van der Waals surface area contributed by atoms with Crippen LogP contribution in [0.15, 0.2) is 47.4 Å². The van der Waals surface area contributed by atoms with Crippen LogP contribution >= 0.6 is 0 Å². The lowest BCUT2D eigenvalue weighted by atomic mass is 10.0. The third-order valence-electron chi connectivity index (χ3n) is 6.01. The lowest BCUT2D eigenvalue weighted by Crippen LogP contribution is -2.49. The molecule has 7 nitrogen and oxygen atoms in total. The summed E-state index contributed by atoms with van der Waals surface area (Å²) in [4.78, 5) is 1.99. The van der Waals surface area contributed by atoms with Crippen molar-refractivity contribution < 1.29 is 27.4 Å². The average molecular weight is 505 g/mol. The standard InChI is InChI=1S/C26H33FN2O5S/c1-19-15-29(20(2)18-30)35(31,32)26-12-11-21(8-7-13-33-4)14-24(26)34-25(19)17-28(3)16-22-9-5-6-10-23(22)27/h5-6,9-12,14,19-20,25,30H,13,15-18H2,1-4H3/t19-,20-,25+/m0/s1. The Morgan fingerprint density at radius 2 is 2.06 bits per heavy atom. The molecule has 0 bridgehead atoms. The van der Waals surface area contributed by atoms with Gasteiger partial charge in [-0.1, -0.05) is 37.0 Å². The molecule has 0 spiro atoms. The molecule has 1 N–H and O–H groups in total. The number of likely N-dealkylation sites (N-methyl/N-ethyl adjacent to an activating group) is 1. The zero-order chi connectivity index (χ0) is 25.6. The fourth-order valence-electron chi connectivity index (χ4n) is 4.02. The monoisotopic (exact) mass is 504 g/mol. The molecule has 0 fully saturated rings. The number of sulfonamides is 1. The van der Waals surface area contributed by atoms with E-state index in [0.717, 1.165) is 0 Å². The van der Waals surface area contributed by atoms with Crippen LogP contribution in [0.4, 0.5) is 4.39 Å². The summed E-state index contributed by atoms with van der Waals surface area (Å²) in [5, 5.41) is 9.77. The number of rotatable bonds is 7.